The lowest BCUT2D eigenvalue weighted by Crippen LogP contribution is -2.02. The normalized spacial score (nSPS) is 13.5. The first-order valence-corrected chi connectivity index (χ1v) is 3.34. The van der Waals surface area contributed by atoms with Gasteiger partial charge in [0.15, 0.2) is 0 Å². The van der Waals surface area contributed by atoms with E-state index in [1.54, 1.807) is 17.8 Å². The number of hydrogen-bond donors (Lipinski definition) is 1. The Morgan fingerprint density at radius 1 is 1.80 bits per heavy atom. The highest BCUT2D eigenvalue weighted by atomic mass is 16.3. The molecule has 0 unspecified atom stereocenters. The zero-order valence-corrected chi connectivity index (χ0v) is 6.28. The van der Waals surface area contributed by atoms with Crippen LogP contribution in [-0.4, -0.2) is 21.0 Å². The highest BCUT2D eigenvalue weighted by Crippen LogP contribution is 1.99. The number of aryl methyl sites for hydroxylation is 1. The average molecular weight is 140 g/mol. The molecule has 0 fully saturated rings. The maximum atomic E-state index is 8.98. The van der Waals surface area contributed by atoms with Gasteiger partial charge < -0.3 is 5.11 Å². The Hall–Kier alpha value is -0.830. The number of nitrogens with zero attached hydrogens (tertiary/aromatic N) is 2. The molecule has 0 radical (unpaired) electrons. The molecule has 0 saturated heterocycles. The smallest absolute Gasteiger partial charge is 0.0553 e. The summed E-state index contributed by atoms with van der Waals surface area (Å²) < 4.78 is 1.73. The van der Waals surface area contributed by atoms with Gasteiger partial charge in [0.1, 0.15) is 0 Å². The van der Waals surface area contributed by atoms with E-state index < -0.39 is 0 Å². The molecule has 0 aromatic carbocycles. The molecule has 1 rings (SSSR count). The first-order valence-electron chi connectivity index (χ1n) is 3.34. The van der Waals surface area contributed by atoms with Crippen molar-refractivity contribution >= 4 is 0 Å². The van der Waals surface area contributed by atoms with Crippen molar-refractivity contribution in [2.45, 2.75) is 19.4 Å². The van der Waals surface area contributed by atoms with Crippen LogP contribution >= 0.6 is 0 Å². The van der Waals surface area contributed by atoms with Crippen LogP contribution in [0.2, 0.25) is 0 Å². The van der Waals surface area contributed by atoms with E-state index in [1.165, 1.54) is 0 Å². The maximum absolute atomic E-state index is 8.98. The van der Waals surface area contributed by atoms with Gasteiger partial charge in [-0.2, -0.15) is 5.10 Å². The number of hydrogen-bond acceptors (Lipinski definition) is 2. The molecule has 3 nitrogen and oxygen atoms in total. The SMILES string of the molecule is C[C@@H](O)Cc1cnn(C)c1. The lowest BCUT2D eigenvalue weighted by atomic mass is 10.2. The van der Waals surface area contributed by atoms with Crippen LogP contribution < -0.4 is 0 Å². The minimum atomic E-state index is -0.274. The predicted octanol–water partition coefficient (Wildman–Crippen LogP) is 0.343. The lowest BCUT2D eigenvalue weighted by Gasteiger charge is -1.98. The third-order valence-electron chi connectivity index (χ3n) is 1.29. The van der Waals surface area contributed by atoms with Gasteiger partial charge in [-0.05, 0) is 12.5 Å². The second kappa shape index (κ2) is 2.84. The van der Waals surface area contributed by atoms with Gasteiger partial charge in [0, 0.05) is 19.7 Å². The van der Waals surface area contributed by atoms with Crippen LogP contribution in [-0.2, 0) is 13.5 Å². The fourth-order valence-corrected chi connectivity index (χ4v) is 0.918. The molecule has 56 valence electrons. The Kier molecular flexibility index (Phi) is 2.06. The van der Waals surface area contributed by atoms with Crippen molar-refractivity contribution in [1.29, 1.82) is 0 Å². The molecule has 1 atom stereocenters. The summed E-state index contributed by atoms with van der Waals surface area (Å²) in [6, 6.07) is 0. The standard InChI is InChI=1S/C7H12N2O/c1-6(10)3-7-4-8-9(2)5-7/h4-6,10H,3H2,1-2H3/t6-/m1/s1. The van der Waals surface area contributed by atoms with Gasteiger partial charge in [0.05, 0.1) is 12.3 Å². The Morgan fingerprint density at radius 3 is 2.90 bits per heavy atom. The van der Waals surface area contributed by atoms with E-state index in [-0.39, 0.29) is 6.10 Å². The molecule has 0 saturated carbocycles. The maximum Gasteiger partial charge on any atom is 0.0553 e. The molecule has 1 aromatic heterocycles. The summed E-state index contributed by atoms with van der Waals surface area (Å²) in [6.07, 6.45) is 4.09. The third kappa shape index (κ3) is 1.84. The van der Waals surface area contributed by atoms with Crippen molar-refractivity contribution in [2.75, 3.05) is 0 Å². The minimum Gasteiger partial charge on any atom is -0.393 e. The summed E-state index contributed by atoms with van der Waals surface area (Å²) in [5, 5.41) is 13.0. The third-order valence-corrected chi connectivity index (χ3v) is 1.29. The van der Waals surface area contributed by atoms with E-state index in [4.69, 9.17) is 5.11 Å². The Bertz CT molecular complexity index is 205. The highest BCUT2D eigenvalue weighted by molar-refractivity contribution is 5.04. The van der Waals surface area contributed by atoms with Crippen molar-refractivity contribution in [3.63, 3.8) is 0 Å². The van der Waals surface area contributed by atoms with Crippen molar-refractivity contribution in [3.05, 3.63) is 18.0 Å². The van der Waals surface area contributed by atoms with Crippen LogP contribution in [0, 0.1) is 0 Å². The zero-order chi connectivity index (χ0) is 7.56. The summed E-state index contributed by atoms with van der Waals surface area (Å²) in [5.41, 5.74) is 1.08. The van der Waals surface area contributed by atoms with Crippen molar-refractivity contribution in [1.82, 2.24) is 9.78 Å². The molecule has 0 aliphatic rings. The molecule has 1 aromatic rings. The lowest BCUT2D eigenvalue weighted by molar-refractivity contribution is 0.195. The quantitative estimate of drug-likeness (QED) is 0.643. The van der Waals surface area contributed by atoms with Gasteiger partial charge in [-0.25, -0.2) is 0 Å². The van der Waals surface area contributed by atoms with E-state index in [0.29, 0.717) is 6.42 Å². The first kappa shape index (κ1) is 7.28. The van der Waals surface area contributed by atoms with Crippen LogP contribution in [0.3, 0.4) is 0 Å². The molecular weight excluding hydrogens is 128 g/mol. The fourth-order valence-electron chi connectivity index (χ4n) is 0.918. The summed E-state index contributed by atoms with van der Waals surface area (Å²) in [6.45, 7) is 1.77. The van der Waals surface area contributed by atoms with Crippen LogP contribution in [0.1, 0.15) is 12.5 Å². The van der Waals surface area contributed by atoms with Gasteiger partial charge in [-0.3, -0.25) is 4.68 Å². The topological polar surface area (TPSA) is 38.1 Å². The summed E-state index contributed by atoms with van der Waals surface area (Å²) in [5.74, 6) is 0. The van der Waals surface area contributed by atoms with Crippen LogP contribution in [0.4, 0.5) is 0 Å². The fraction of sp³-hybridized carbons (Fsp3) is 0.571. The predicted molar refractivity (Wildman–Crippen MR) is 38.6 cm³/mol. The van der Waals surface area contributed by atoms with Gasteiger partial charge in [0.2, 0.25) is 0 Å². The van der Waals surface area contributed by atoms with E-state index in [9.17, 15) is 0 Å². The van der Waals surface area contributed by atoms with Crippen LogP contribution in [0.25, 0.3) is 0 Å². The van der Waals surface area contributed by atoms with Gasteiger partial charge in [-0.1, -0.05) is 0 Å². The molecule has 0 bridgehead atoms. The summed E-state index contributed by atoms with van der Waals surface area (Å²) >= 11 is 0. The van der Waals surface area contributed by atoms with Crippen LogP contribution in [0.5, 0.6) is 0 Å². The largest absolute Gasteiger partial charge is 0.393 e. The Labute approximate surface area is 60.3 Å². The van der Waals surface area contributed by atoms with Gasteiger partial charge in [-0.15, -0.1) is 0 Å². The number of aliphatic hydroxyl groups is 1. The highest BCUT2D eigenvalue weighted by Gasteiger charge is 1.99. The molecular formula is C7H12N2O. The summed E-state index contributed by atoms with van der Waals surface area (Å²) in [4.78, 5) is 0. The second-order valence-corrected chi connectivity index (χ2v) is 2.58. The van der Waals surface area contributed by atoms with E-state index in [1.807, 2.05) is 13.2 Å². The number of aromatic nitrogens is 2. The average Bonchev–Trinajstić information content (AvgIpc) is 2.13. The minimum absolute atomic E-state index is 0.274. The Morgan fingerprint density at radius 2 is 2.50 bits per heavy atom. The molecule has 1 N–H and O–H groups in total. The van der Waals surface area contributed by atoms with Gasteiger partial charge in [0.25, 0.3) is 0 Å². The van der Waals surface area contributed by atoms with E-state index >= 15 is 0 Å². The number of aliphatic hydroxyl groups excluding tert-OH is 1. The second-order valence-electron chi connectivity index (χ2n) is 2.58. The van der Waals surface area contributed by atoms with E-state index in [2.05, 4.69) is 5.10 Å². The molecule has 0 aliphatic carbocycles. The van der Waals surface area contributed by atoms with Crippen molar-refractivity contribution < 1.29 is 5.11 Å². The molecule has 0 spiro atoms. The molecule has 10 heavy (non-hydrogen) atoms. The van der Waals surface area contributed by atoms with Crippen LogP contribution in [0.15, 0.2) is 12.4 Å². The molecule has 0 amide bonds. The van der Waals surface area contributed by atoms with E-state index in [0.717, 1.165) is 5.56 Å². The molecule has 0 aliphatic heterocycles. The monoisotopic (exact) mass is 140 g/mol. The Balaban J connectivity index is 2.58. The molecule has 1 heterocycles. The number of rotatable bonds is 2. The van der Waals surface area contributed by atoms with Crippen molar-refractivity contribution in [2.24, 2.45) is 7.05 Å². The van der Waals surface area contributed by atoms with Crippen molar-refractivity contribution in [3.8, 4) is 0 Å². The van der Waals surface area contributed by atoms with Gasteiger partial charge >= 0.3 is 0 Å². The first-order chi connectivity index (χ1) is 4.68. The zero-order valence-electron chi connectivity index (χ0n) is 6.28. The molecule has 3 heteroatoms. The summed E-state index contributed by atoms with van der Waals surface area (Å²) in [7, 11) is 1.87.